The van der Waals surface area contributed by atoms with Crippen LogP contribution in [0.25, 0.3) is 0 Å². The van der Waals surface area contributed by atoms with E-state index in [-0.39, 0.29) is 19.4 Å². The minimum absolute atomic E-state index is 0.0872. The lowest BCUT2D eigenvalue weighted by molar-refractivity contribution is -0.161. The van der Waals surface area contributed by atoms with Gasteiger partial charge in [0.1, 0.15) is 12.7 Å². The number of unbranched alkanes of at least 4 members (excludes halogenated alkanes) is 21. The third-order valence-corrected chi connectivity index (χ3v) is 10.3. The molecule has 0 aromatic rings. The molecule has 0 bridgehead atoms. The van der Waals surface area contributed by atoms with Crippen LogP contribution in [-0.2, 0) is 32.7 Å². The molecule has 0 aromatic carbocycles. The third kappa shape index (κ3) is 41.6. The number of aliphatic hydroxyl groups is 2. The highest BCUT2D eigenvalue weighted by Crippen LogP contribution is 2.43. The number of hydrogen-bond donors (Lipinski definition) is 3. The second-order valence-electron chi connectivity index (χ2n) is 14.8. The number of rotatable bonds is 41. The molecule has 0 fully saturated rings. The fourth-order valence-electron chi connectivity index (χ4n) is 5.91. The van der Waals surface area contributed by atoms with E-state index in [9.17, 15) is 24.2 Å². The Hall–Kier alpha value is -2.33. The molecule has 0 aromatic heterocycles. The lowest BCUT2D eigenvalue weighted by Gasteiger charge is -2.20. The Morgan fingerprint density at radius 1 is 0.544 bits per heavy atom. The van der Waals surface area contributed by atoms with E-state index < -0.39 is 51.8 Å². The average molecular weight is 825 g/mol. The van der Waals surface area contributed by atoms with Crippen molar-refractivity contribution >= 4 is 19.8 Å². The molecule has 57 heavy (non-hydrogen) atoms. The highest BCUT2D eigenvalue weighted by Gasteiger charge is 2.27. The Kier molecular flexibility index (Phi) is 40.1. The molecule has 0 aliphatic rings. The number of carbonyl (C=O) groups excluding carboxylic acids is 2. The molecular formula is C46H81O10P. The van der Waals surface area contributed by atoms with Crippen molar-refractivity contribution in [2.24, 2.45) is 0 Å². The van der Waals surface area contributed by atoms with Gasteiger partial charge in [-0.1, -0.05) is 203 Å². The summed E-state index contributed by atoms with van der Waals surface area (Å²) in [6, 6.07) is 0. The van der Waals surface area contributed by atoms with E-state index in [1.807, 2.05) is 54.7 Å². The summed E-state index contributed by atoms with van der Waals surface area (Å²) in [4.78, 5) is 34.9. The first-order valence-electron chi connectivity index (χ1n) is 22.3. The minimum atomic E-state index is -4.64. The summed E-state index contributed by atoms with van der Waals surface area (Å²) in [6.07, 6.45) is 46.4. The van der Waals surface area contributed by atoms with Crippen LogP contribution in [0, 0.1) is 0 Å². The van der Waals surface area contributed by atoms with Gasteiger partial charge in [0.15, 0.2) is 6.10 Å². The van der Waals surface area contributed by atoms with Crippen LogP contribution in [-0.4, -0.2) is 65.7 Å². The van der Waals surface area contributed by atoms with Crippen molar-refractivity contribution in [1.82, 2.24) is 0 Å². The predicted molar refractivity (Wildman–Crippen MR) is 233 cm³/mol. The van der Waals surface area contributed by atoms with E-state index in [4.69, 9.17) is 19.1 Å². The molecule has 3 atom stereocenters. The van der Waals surface area contributed by atoms with Crippen LogP contribution in [0.1, 0.15) is 181 Å². The standard InChI is InChI=1S/C46H81O10P/c1-3-5-7-9-11-13-15-17-18-19-20-21-22-23-24-26-27-29-31-33-35-37-45(49)53-41-44(42-55-57(51,52)54-40-43(48)39-47)56-46(50)38-36-34-32-30-28-25-16-14-12-10-8-6-4-2/h6,8,10,12,14,16,25,28,30,32,43-44,47-48H,3-5,7,9,11,13,15,17-24,26-27,29,31,33-42H2,1-2H3,(H,51,52)/b8-6+,12-10+,16-14+,28-25+,32-30+/t43-,44?/m1/s1. The number of carbonyl (C=O) groups is 2. The van der Waals surface area contributed by atoms with Gasteiger partial charge in [0.2, 0.25) is 0 Å². The second-order valence-corrected chi connectivity index (χ2v) is 16.3. The zero-order chi connectivity index (χ0) is 41.9. The van der Waals surface area contributed by atoms with Gasteiger partial charge < -0.3 is 24.6 Å². The number of allylic oxidation sites excluding steroid dienone is 10. The zero-order valence-electron chi connectivity index (χ0n) is 35.8. The maximum Gasteiger partial charge on any atom is 0.472 e. The van der Waals surface area contributed by atoms with Gasteiger partial charge in [0.25, 0.3) is 0 Å². The fraction of sp³-hybridized carbons (Fsp3) is 0.739. The highest BCUT2D eigenvalue weighted by molar-refractivity contribution is 7.47. The summed E-state index contributed by atoms with van der Waals surface area (Å²) in [5.41, 5.74) is 0. The van der Waals surface area contributed by atoms with Crippen molar-refractivity contribution in [1.29, 1.82) is 0 Å². The molecule has 3 N–H and O–H groups in total. The van der Waals surface area contributed by atoms with E-state index in [1.54, 1.807) is 0 Å². The van der Waals surface area contributed by atoms with E-state index in [2.05, 4.69) is 24.4 Å². The van der Waals surface area contributed by atoms with E-state index in [0.717, 1.165) is 25.7 Å². The van der Waals surface area contributed by atoms with Crippen LogP contribution in [0.5, 0.6) is 0 Å². The number of phosphoric acid groups is 1. The summed E-state index contributed by atoms with van der Waals surface area (Å²) in [5, 5.41) is 18.3. The molecule has 0 saturated carbocycles. The third-order valence-electron chi connectivity index (χ3n) is 9.31. The van der Waals surface area contributed by atoms with Gasteiger partial charge in [-0.3, -0.25) is 18.6 Å². The van der Waals surface area contributed by atoms with Crippen molar-refractivity contribution in [3.05, 3.63) is 60.8 Å². The Morgan fingerprint density at radius 2 is 0.965 bits per heavy atom. The maximum atomic E-state index is 12.6. The molecular weight excluding hydrogens is 743 g/mol. The molecule has 2 unspecified atom stereocenters. The summed E-state index contributed by atoms with van der Waals surface area (Å²) in [6.45, 7) is 2.16. The highest BCUT2D eigenvalue weighted by atomic mass is 31.2. The molecule has 0 aliphatic carbocycles. The molecule has 0 heterocycles. The number of phosphoric ester groups is 1. The molecule has 0 rings (SSSR count). The Labute approximate surface area is 346 Å². The largest absolute Gasteiger partial charge is 0.472 e. The summed E-state index contributed by atoms with van der Waals surface area (Å²) in [7, 11) is -4.64. The van der Waals surface area contributed by atoms with Crippen LogP contribution < -0.4 is 0 Å². The lowest BCUT2D eigenvalue weighted by atomic mass is 10.0. The van der Waals surface area contributed by atoms with Crippen molar-refractivity contribution in [2.45, 2.75) is 193 Å². The number of aliphatic hydroxyl groups excluding tert-OH is 2. The molecule has 330 valence electrons. The molecule has 0 aliphatic heterocycles. The molecule has 0 radical (unpaired) electrons. The van der Waals surface area contributed by atoms with Gasteiger partial charge in [-0.25, -0.2) is 4.57 Å². The molecule has 0 amide bonds. The summed E-state index contributed by atoms with van der Waals surface area (Å²) in [5.74, 6) is -1.01. The average Bonchev–Trinajstić information content (AvgIpc) is 3.20. The molecule has 0 spiro atoms. The van der Waals surface area contributed by atoms with Crippen LogP contribution in [0.15, 0.2) is 60.8 Å². The van der Waals surface area contributed by atoms with Gasteiger partial charge in [0, 0.05) is 12.8 Å². The lowest BCUT2D eigenvalue weighted by Crippen LogP contribution is -2.29. The maximum absolute atomic E-state index is 12.6. The molecule has 11 heteroatoms. The van der Waals surface area contributed by atoms with Crippen molar-refractivity contribution in [3.8, 4) is 0 Å². The Bertz CT molecular complexity index is 1130. The number of hydrogen-bond acceptors (Lipinski definition) is 9. The van der Waals surface area contributed by atoms with Gasteiger partial charge in [-0.2, -0.15) is 0 Å². The van der Waals surface area contributed by atoms with Gasteiger partial charge in [-0.15, -0.1) is 0 Å². The summed E-state index contributed by atoms with van der Waals surface area (Å²) >= 11 is 0. The topological polar surface area (TPSA) is 149 Å². The number of esters is 2. The predicted octanol–water partition coefficient (Wildman–Crippen LogP) is 11.9. The van der Waals surface area contributed by atoms with Gasteiger partial charge >= 0.3 is 19.8 Å². The first-order chi connectivity index (χ1) is 27.7. The van der Waals surface area contributed by atoms with Crippen molar-refractivity contribution in [3.63, 3.8) is 0 Å². The van der Waals surface area contributed by atoms with Crippen LogP contribution in [0.2, 0.25) is 0 Å². The smallest absolute Gasteiger partial charge is 0.462 e. The van der Waals surface area contributed by atoms with Crippen molar-refractivity contribution in [2.75, 3.05) is 26.4 Å². The van der Waals surface area contributed by atoms with Gasteiger partial charge in [0.05, 0.1) is 19.8 Å². The summed E-state index contributed by atoms with van der Waals surface area (Å²) < 4.78 is 32.6. The Morgan fingerprint density at radius 3 is 1.44 bits per heavy atom. The quantitative estimate of drug-likeness (QED) is 0.0235. The monoisotopic (exact) mass is 825 g/mol. The van der Waals surface area contributed by atoms with Crippen molar-refractivity contribution < 1.29 is 47.8 Å². The van der Waals surface area contributed by atoms with Gasteiger partial charge in [-0.05, 0) is 25.7 Å². The van der Waals surface area contributed by atoms with Crippen LogP contribution >= 0.6 is 7.82 Å². The van der Waals surface area contributed by atoms with E-state index >= 15 is 0 Å². The molecule has 10 nitrogen and oxygen atoms in total. The van der Waals surface area contributed by atoms with E-state index in [1.165, 1.54) is 109 Å². The SMILES string of the molecule is CC/C=C/C=C/C=C/C=C/C=C/CCCC(=O)OC(COC(=O)CCCCCCCCCCCCCCCCCCCCCCC)COP(=O)(O)OC[C@H](O)CO. The Balaban J connectivity index is 4.26. The van der Waals surface area contributed by atoms with Crippen LogP contribution in [0.4, 0.5) is 0 Å². The van der Waals surface area contributed by atoms with E-state index in [0.29, 0.717) is 19.3 Å². The zero-order valence-corrected chi connectivity index (χ0v) is 36.7. The minimum Gasteiger partial charge on any atom is -0.462 e. The second kappa shape index (κ2) is 41.8. The molecule has 0 saturated heterocycles. The first-order valence-corrected chi connectivity index (χ1v) is 23.8. The first kappa shape index (κ1) is 54.7. The number of ether oxygens (including phenoxy) is 2. The normalized spacial score (nSPS) is 14.4. The fourth-order valence-corrected chi connectivity index (χ4v) is 6.70. The van der Waals surface area contributed by atoms with Crippen LogP contribution in [0.3, 0.4) is 0 Å².